The second-order valence-corrected chi connectivity index (χ2v) is 3.81. The van der Waals surface area contributed by atoms with E-state index in [0.29, 0.717) is 0 Å². The van der Waals surface area contributed by atoms with Crippen LogP contribution in [-0.2, 0) is 9.47 Å². The summed E-state index contributed by atoms with van der Waals surface area (Å²) in [6.45, 7) is 1.58. The van der Waals surface area contributed by atoms with Gasteiger partial charge in [-0.3, -0.25) is 0 Å². The molecule has 4 nitrogen and oxygen atoms in total. The molecule has 0 aromatic heterocycles. The van der Waals surface area contributed by atoms with Gasteiger partial charge in [-0.1, -0.05) is 0 Å². The third kappa shape index (κ3) is 0.407. The minimum Gasteiger partial charge on any atom is -0.390 e. The molecule has 64 valence electrons. The quantitative estimate of drug-likeness (QED) is 0.451. The Labute approximate surface area is 70.9 Å². The summed E-state index contributed by atoms with van der Waals surface area (Å²) in [6.07, 6.45) is -1.56. The number of ether oxygens (including phenoxy) is 2. The molecule has 0 bridgehead atoms. The van der Waals surface area contributed by atoms with Crippen LogP contribution >= 0.6 is 0 Å². The van der Waals surface area contributed by atoms with Crippen LogP contribution in [0.1, 0.15) is 6.92 Å². The first-order valence-corrected chi connectivity index (χ1v) is 4.04. The van der Waals surface area contributed by atoms with Gasteiger partial charge in [0.15, 0.2) is 11.2 Å². The van der Waals surface area contributed by atoms with Crippen molar-refractivity contribution >= 4 is 7.85 Å². The molecule has 2 aliphatic heterocycles. The molecule has 12 heavy (non-hydrogen) atoms. The van der Waals surface area contributed by atoms with E-state index >= 15 is 0 Å². The van der Waals surface area contributed by atoms with Gasteiger partial charge < -0.3 is 19.7 Å². The van der Waals surface area contributed by atoms with Gasteiger partial charge in [-0.2, -0.15) is 0 Å². The van der Waals surface area contributed by atoms with Gasteiger partial charge in [-0.05, 0) is 6.92 Å². The Morgan fingerprint density at radius 1 is 1.58 bits per heavy atom. The van der Waals surface area contributed by atoms with Crippen molar-refractivity contribution in [3.63, 3.8) is 0 Å². The Hall–Kier alpha value is -0.0951. The Kier molecular flexibility index (Phi) is 0.973. The van der Waals surface area contributed by atoms with E-state index in [2.05, 4.69) is 0 Å². The maximum absolute atomic E-state index is 9.89. The topological polar surface area (TPSA) is 58.9 Å². The first-order chi connectivity index (χ1) is 5.55. The molecule has 2 radical (unpaired) electrons. The van der Waals surface area contributed by atoms with E-state index < -0.39 is 29.4 Å². The zero-order chi connectivity index (χ0) is 8.72. The number of fused-ring (bicyclic) bond motifs is 1. The highest BCUT2D eigenvalue weighted by Crippen LogP contribution is 2.71. The second kappa shape index (κ2) is 1.59. The molecule has 0 aromatic rings. The Balaban J connectivity index is 2.01. The van der Waals surface area contributed by atoms with Gasteiger partial charge >= 0.3 is 0 Å². The lowest BCUT2D eigenvalue weighted by Gasteiger charge is -2.34. The molecule has 5 heteroatoms. The molecule has 2 saturated heterocycles. The predicted molar refractivity (Wildman–Crippen MR) is 38.6 cm³/mol. The molecule has 2 heterocycles. The van der Waals surface area contributed by atoms with Gasteiger partial charge in [0.2, 0.25) is 0 Å². The molecule has 1 aliphatic carbocycles. The average Bonchev–Trinajstić information content (AvgIpc) is 2.28. The Morgan fingerprint density at radius 3 is 2.50 bits per heavy atom. The number of hydrogen-bond acceptors (Lipinski definition) is 4. The number of aliphatic hydroxyl groups is 2. The van der Waals surface area contributed by atoms with E-state index in [1.54, 1.807) is 6.92 Å². The SMILES string of the molecule is [B][C@@H]1O[C@@]2(C(C)O)C3O[C@@H]1[C@@]32O. The van der Waals surface area contributed by atoms with Crippen LogP contribution < -0.4 is 0 Å². The van der Waals surface area contributed by atoms with Crippen molar-refractivity contribution in [2.24, 2.45) is 0 Å². The minimum atomic E-state index is -1.01. The lowest BCUT2D eigenvalue weighted by atomic mass is 9.88. The number of hydrogen-bond donors (Lipinski definition) is 2. The Bertz CT molecular complexity index is 258. The van der Waals surface area contributed by atoms with Crippen molar-refractivity contribution in [3.8, 4) is 0 Å². The number of rotatable bonds is 1. The molecule has 3 aliphatic rings. The van der Waals surface area contributed by atoms with E-state index in [9.17, 15) is 10.2 Å². The van der Waals surface area contributed by atoms with Crippen LogP contribution in [0.5, 0.6) is 0 Å². The van der Waals surface area contributed by atoms with Gasteiger partial charge in [-0.15, -0.1) is 0 Å². The van der Waals surface area contributed by atoms with Crippen molar-refractivity contribution in [3.05, 3.63) is 0 Å². The lowest BCUT2D eigenvalue weighted by molar-refractivity contribution is -0.199. The van der Waals surface area contributed by atoms with Gasteiger partial charge in [0.1, 0.15) is 20.1 Å². The third-order valence-corrected chi connectivity index (χ3v) is 3.30. The summed E-state index contributed by atoms with van der Waals surface area (Å²) in [5, 5.41) is 19.3. The van der Waals surface area contributed by atoms with Crippen molar-refractivity contribution < 1.29 is 19.7 Å². The fourth-order valence-corrected chi connectivity index (χ4v) is 2.62. The Morgan fingerprint density at radius 2 is 2.25 bits per heavy atom. The van der Waals surface area contributed by atoms with E-state index in [1.165, 1.54) is 0 Å². The summed E-state index contributed by atoms with van der Waals surface area (Å²) >= 11 is 0. The van der Waals surface area contributed by atoms with Gasteiger partial charge in [-0.25, -0.2) is 0 Å². The van der Waals surface area contributed by atoms with E-state index in [4.69, 9.17) is 17.3 Å². The van der Waals surface area contributed by atoms with Crippen LogP contribution in [-0.4, -0.2) is 53.6 Å². The highest BCUT2D eigenvalue weighted by Gasteiger charge is 2.96. The van der Waals surface area contributed by atoms with Crippen LogP contribution in [0.2, 0.25) is 0 Å². The predicted octanol–water partition coefficient (Wildman–Crippen LogP) is -1.86. The molecule has 2 unspecified atom stereocenters. The normalized spacial score (nSPS) is 68.4. The summed E-state index contributed by atoms with van der Waals surface area (Å²) in [4.78, 5) is 0. The maximum atomic E-state index is 9.89. The van der Waals surface area contributed by atoms with Crippen LogP contribution in [0.25, 0.3) is 0 Å². The molecule has 3 fully saturated rings. The average molecular weight is 168 g/mol. The maximum Gasteiger partial charge on any atom is 0.156 e. The highest BCUT2D eigenvalue weighted by atomic mass is 16.7. The molecule has 1 saturated carbocycles. The number of aliphatic hydroxyl groups excluding tert-OH is 1. The summed E-state index contributed by atoms with van der Waals surface area (Å²) in [5.41, 5.74) is -1.95. The molecule has 2 N–H and O–H groups in total. The van der Waals surface area contributed by atoms with E-state index in [0.717, 1.165) is 0 Å². The minimum absolute atomic E-state index is 0.366. The van der Waals surface area contributed by atoms with Crippen molar-refractivity contribution in [2.45, 2.75) is 42.4 Å². The monoisotopic (exact) mass is 168 g/mol. The van der Waals surface area contributed by atoms with E-state index in [1.807, 2.05) is 0 Å². The second-order valence-electron chi connectivity index (χ2n) is 3.81. The summed E-state index contributed by atoms with van der Waals surface area (Å²) in [5.74, 6) is 0. The molecule has 3 rings (SSSR count). The first-order valence-electron chi connectivity index (χ1n) is 4.04. The fraction of sp³-hybridized carbons (Fsp3) is 1.00. The zero-order valence-electron chi connectivity index (χ0n) is 6.60. The smallest absolute Gasteiger partial charge is 0.156 e. The molecular weight excluding hydrogens is 159 g/mol. The summed E-state index contributed by atoms with van der Waals surface area (Å²) < 4.78 is 10.5. The molecule has 0 amide bonds. The van der Waals surface area contributed by atoms with Crippen molar-refractivity contribution in [1.82, 2.24) is 0 Å². The van der Waals surface area contributed by atoms with Crippen LogP contribution in [0.3, 0.4) is 0 Å². The summed E-state index contributed by atoms with van der Waals surface area (Å²) in [6, 6.07) is -0.602. The molecular formula is C7H9BO4. The van der Waals surface area contributed by atoms with Gasteiger partial charge in [0.05, 0.1) is 6.10 Å². The fourth-order valence-electron chi connectivity index (χ4n) is 2.62. The molecule has 6 atom stereocenters. The van der Waals surface area contributed by atoms with Crippen LogP contribution in [0, 0.1) is 0 Å². The van der Waals surface area contributed by atoms with Crippen molar-refractivity contribution in [2.75, 3.05) is 0 Å². The molecule has 0 spiro atoms. The van der Waals surface area contributed by atoms with Crippen LogP contribution in [0.15, 0.2) is 0 Å². The van der Waals surface area contributed by atoms with Crippen LogP contribution in [0.4, 0.5) is 0 Å². The highest BCUT2D eigenvalue weighted by molar-refractivity contribution is 6.12. The molecule has 0 aromatic carbocycles. The van der Waals surface area contributed by atoms with Gasteiger partial charge in [0.25, 0.3) is 0 Å². The standard InChI is InChI=1S/C7H9BO4/c1-2(9)7-5-6(7,10)3(11-5)4(8)12-7/h2-5,9-10H,1H3/t2?,3-,4+,5?,6+,7-/m0/s1. The lowest BCUT2D eigenvalue weighted by Crippen LogP contribution is -2.51. The van der Waals surface area contributed by atoms with Gasteiger partial charge in [0, 0.05) is 6.00 Å². The van der Waals surface area contributed by atoms with E-state index in [-0.39, 0.29) is 6.10 Å². The summed E-state index contributed by atoms with van der Waals surface area (Å²) in [7, 11) is 5.53. The largest absolute Gasteiger partial charge is 0.390 e. The zero-order valence-corrected chi connectivity index (χ0v) is 6.60. The third-order valence-electron chi connectivity index (χ3n) is 3.30. The van der Waals surface area contributed by atoms with Crippen molar-refractivity contribution in [1.29, 1.82) is 0 Å². The first kappa shape index (κ1) is 7.32.